The zero-order valence-corrected chi connectivity index (χ0v) is 15.5. The van der Waals surface area contributed by atoms with Crippen molar-refractivity contribution in [2.24, 2.45) is 11.8 Å². The number of carbonyl (C=O) groups is 3. The van der Waals surface area contributed by atoms with E-state index in [4.69, 9.17) is 0 Å². The molecule has 0 heterocycles. The summed E-state index contributed by atoms with van der Waals surface area (Å²) in [6.45, 7) is 2.66. The smallest absolute Gasteiger partial charge is 0.298 e. The van der Waals surface area contributed by atoms with Crippen molar-refractivity contribution in [3.63, 3.8) is 0 Å². The zero-order valence-electron chi connectivity index (χ0n) is 15.5. The van der Waals surface area contributed by atoms with Gasteiger partial charge < -0.3 is 0 Å². The van der Waals surface area contributed by atoms with Crippen LogP contribution in [0.3, 0.4) is 0 Å². The van der Waals surface area contributed by atoms with Gasteiger partial charge in [0.2, 0.25) is 0 Å². The quantitative estimate of drug-likeness (QED) is 0.484. The van der Waals surface area contributed by atoms with Crippen LogP contribution in [0.5, 0.6) is 0 Å². The Morgan fingerprint density at radius 1 is 0.966 bits per heavy atom. The first-order valence-corrected chi connectivity index (χ1v) is 8.72. The zero-order chi connectivity index (χ0) is 22.2. The number of carbonyl (C=O) groups excluding carboxylic acids is 3. The molecule has 0 amide bonds. The summed E-state index contributed by atoms with van der Waals surface area (Å²) in [5.74, 6) is -3.16. The Morgan fingerprint density at radius 3 is 1.97 bits per heavy atom. The minimum atomic E-state index is -5.78. The Kier molecular flexibility index (Phi) is 6.11. The van der Waals surface area contributed by atoms with Gasteiger partial charge in [-0.1, -0.05) is 25.1 Å². The number of hydrogen-bond donors (Lipinski definition) is 0. The highest BCUT2D eigenvalue weighted by Crippen LogP contribution is 2.59. The monoisotopic (exact) mass is 420 g/mol. The van der Waals surface area contributed by atoms with Gasteiger partial charge in [-0.3, -0.25) is 14.4 Å². The van der Waals surface area contributed by atoms with Crippen molar-refractivity contribution in [2.45, 2.75) is 44.5 Å². The first kappa shape index (κ1) is 22.8. The van der Waals surface area contributed by atoms with Crippen LogP contribution in [-0.4, -0.2) is 30.7 Å². The Bertz CT molecular complexity index is 837. The highest BCUT2D eigenvalue weighted by atomic mass is 19.4. The van der Waals surface area contributed by atoms with Crippen LogP contribution in [0.15, 0.2) is 29.8 Å². The predicted molar refractivity (Wildman–Crippen MR) is 91.7 cm³/mol. The third kappa shape index (κ3) is 3.74. The first-order valence-electron chi connectivity index (χ1n) is 8.72. The lowest BCUT2D eigenvalue weighted by molar-refractivity contribution is -0.316. The number of hydrogen-bond acceptors (Lipinski definition) is 3. The van der Waals surface area contributed by atoms with Gasteiger partial charge in [-0.25, -0.2) is 0 Å². The van der Waals surface area contributed by atoms with Crippen molar-refractivity contribution in [3.8, 4) is 0 Å². The minimum absolute atomic E-state index is 0.0308. The largest absolute Gasteiger partial charge is 0.407 e. The number of halogens is 6. The predicted octanol–water partition coefficient (Wildman–Crippen LogP) is 5.24. The maximum atomic E-state index is 14.2. The summed E-state index contributed by atoms with van der Waals surface area (Å²) in [5, 5.41) is 0. The molecule has 0 saturated heterocycles. The van der Waals surface area contributed by atoms with Gasteiger partial charge >= 0.3 is 12.4 Å². The molecule has 29 heavy (non-hydrogen) atoms. The minimum Gasteiger partial charge on any atom is -0.298 e. The summed E-state index contributed by atoms with van der Waals surface area (Å²) in [7, 11) is 0. The van der Waals surface area contributed by atoms with Crippen LogP contribution in [0.25, 0.3) is 0 Å². The second-order valence-corrected chi connectivity index (χ2v) is 7.15. The van der Waals surface area contributed by atoms with Crippen molar-refractivity contribution >= 4 is 18.4 Å². The lowest BCUT2D eigenvalue weighted by atomic mass is 9.63. The van der Waals surface area contributed by atoms with E-state index in [9.17, 15) is 40.7 Å². The highest BCUT2D eigenvalue weighted by Gasteiger charge is 2.74. The fraction of sp³-hybridized carbons (Fsp3) is 0.450. The van der Waals surface area contributed by atoms with Crippen LogP contribution >= 0.6 is 0 Å². The molecule has 9 heteroatoms. The molecule has 2 rings (SSSR count). The van der Waals surface area contributed by atoms with E-state index >= 15 is 0 Å². The van der Waals surface area contributed by atoms with Gasteiger partial charge in [0.25, 0.3) is 0 Å². The van der Waals surface area contributed by atoms with Gasteiger partial charge in [0, 0.05) is 17.0 Å². The lowest BCUT2D eigenvalue weighted by Crippen LogP contribution is -2.59. The van der Waals surface area contributed by atoms with E-state index in [1.165, 1.54) is 0 Å². The van der Waals surface area contributed by atoms with E-state index in [1.807, 2.05) is 0 Å². The molecule has 1 aliphatic rings. The summed E-state index contributed by atoms with van der Waals surface area (Å²) in [4.78, 5) is 33.9. The molecule has 0 aliphatic heterocycles. The summed E-state index contributed by atoms with van der Waals surface area (Å²) >= 11 is 0. The molecular weight excluding hydrogens is 402 g/mol. The standard InChI is InChI=1S/C20H18F6O3/c1-11-3-5-16(8-17(11)12(2)29)18(19(21,22)23,20(24,25)26)15-6-4-13(9-27)14(7-15)10-28/h4,6-11,16H,3,5H2,1-2H3. The Hall–Kier alpha value is -2.45. The summed E-state index contributed by atoms with van der Waals surface area (Å²) in [6.07, 6.45) is -11.1. The molecule has 1 aromatic carbocycles. The Morgan fingerprint density at radius 2 is 1.52 bits per heavy atom. The van der Waals surface area contributed by atoms with Gasteiger partial charge in [-0.2, -0.15) is 26.3 Å². The fourth-order valence-electron chi connectivity index (χ4n) is 4.01. The van der Waals surface area contributed by atoms with Crippen molar-refractivity contribution in [3.05, 3.63) is 46.5 Å². The van der Waals surface area contributed by atoms with E-state index in [0.29, 0.717) is 12.1 Å². The van der Waals surface area contributed by atoms with Gasteiger partial charge in [0.15, 0.2) is 23.8 Å². The summed E-state index contributed by atoms with van der Waals surface area (Å²) in [5.41, 5.74) is -6.50. The highest BCUT2D eigenvalue weighted by molar-refractivity contribution is 5.94. The number of allylic oxidation sites excluding steroid dienone is 2. The number of Topliss-reactive ketones (excluding diaryl/α,β-unsaturated/α-hetero) is 1. The van der Waals surface area contributed by atoms with E-state index in [2.05, 4.69) is 0 Å². The number of rotatable bonds is 5. The van der Waals surface area contributed by atoms with Crippen LogP contribution in [0.2, 0.25) is 0 Å². The molecule has 3 nitrogen and oxygen atoms in total. The van der Waals surface area contributed by atoms with E-state index in [0.717, 1.165) is 19.1 Å². The van der Waals surface area contributed by atoms with Crippen LogP contribution < -0.4 is 0 Å². The van der Waals surface area contributed by atoms with E-state index in [-0.39, 0.29) is 30.1 Å². The van der Waals surface area contributed by atoms with Crippen molar-refractivity contribution in [1.82, 2.24) is 0 Å². The van der Waals surface area contributed by atoms with Crippen LogP contribution in [0, 0.1) is 11.8 Å². The van der Waals surface area contributed by atoms with Crippen LogP contribution in [0.4, 0.5) is 26.3 Å². The lowest BCUT2D eigenvalue weighted by Gasteiger charge is -2.44. The molecule has 0 saturated carbocycles. The molecule has 2 unspecified atom stereocenters. The first-order chi connectivity index (χ1) is 13.3. The molecule has 0 spiro atoms. The van der Waals surface area contributed by atoms with Gasteiger partial charge in [-0.05, 0) is 42.9 Å². The van der Waals surface area contributed by atoms with E-state index in [1.54, 1.807) is 6.92 Å². The molecule has 158 valence electrons. The van der Waals surface area contributed by atoms with Gasteiger partial charge in [0.1, 0.15) is 0 Å². The molecule has 1 aromatic rings. The SMILES string of the molecule is CC(=O)C1=CC(C(c2ccc(C=O)c(C=O)c2)(C(F)(F)F)C(F)(F)F)CCC1C. The Labute approximate surface area is 162 Å². The topological polar surface area (TPSA) is 51.2 Å². The van der Waals surface area contributed by atoms with Crippen LogP contribution in [0.1, 0.15) is 53.0 Å². The third-order valence-electron chi connectivity index (χ3n) is 5.48. The molecule has 0 radical (unpaired) electrons. The second kappa shape index (κ2) is 7.76. The summed E-state index contributed by atoms with van der Waals surface area (Å²) < 4.78 is 85.2. The number of ketones is 1. The fourth-order valence-corrected chi connectivity index (χ4v) is 4.01. The van der Waals surface area contributed by atoms with E-state index < -0.39 is 52.9 Å². The van der Waals surface area contributed by atoms with Gasteiger partial charge in [-0.15, -0.1) is 0 Å². The number of alkyl halides is 6. The summed E-state index contributed by atoms with van der Waals surface area (Å²) in [6, 6.07) is 1.79. The molecule has 0 fully saturated rings. The molecule has 0 aromatic heterocycles. The number of aldehydes is 2. The molecular formula is C20H18F6O3. The Balaban J connectivity index is 2.90. The van der Waals surface area contributed by atoms with Crippen molar-refractivity contribution in [1.29, 1.82) is 0 Å². The van der Waals surface area contributed by atoms with Crippen molar-refractivity contribution < 1.29 is 40.7 Å². The second-order valence-electron chi connectivity index (χ2n) is 7.15. The molecule has 2 atom stereocenters. The molecule has 0 N–H and O–H groups in total. The van der Waals surface area contributed by atoms with Crippen LogP contribution in [-0.2, 0) is 10.2 Å². The molecule has 1 aliphatic carbocycles. The normalized spacial score (nSPS) is 20.8. The average Bonchev–Trinajstić information content (AvgIpc) is 2.60. The van der Waals surface area contributed by atoms with Gasteiger partial charge in [0.05, 0.1) is 0 Å². The average molecular weight is 420 g/mol. The number of benzene rings is 1. The maximum absolute atomic E-state index is 14.2. The maximum Gasteiger partial charge on any atom is 0.407 e. The molecule has 0 bridgehead atoms. The third-order valence-corrected chi connectivity index (χ3v) is 5.48. The van der Waals surface area contributed by atoms with Crippen molar-refractivity contribution in [2.75, 3.05) is 0 Å².